The summed E-state index contributed by atoms with van der Waals surface area (Å²) in [4.78, 5) is 13.0. The molecule has 27 heavy (non-hydrogen) atoms. The second-order valence-electron chi connectivity index (χ2n) is 6.79. The number of methoxy groups -OCH3 is 1. The summed E-state index contributed by atoms with van der Waals surface area (Å²) < 4.78 is 48.3. The van der Waals surface area contributed by atoms with E-state index in [-0.39, 0.29) is 27.8 Å². The van der Waals surface area contributed by atoms with Gasteiger partial charge in [0.25, 0.3) is 0 Å². The molecule has 0 fully saturated rings. The Labute approximate surface area is 157 Å². The molecule has 2 aromatic rings. The highest BCUT2D eigenvalue weighted by Gasteiger charge is 2.43. The molecule has 1 aliphatic rings. The summed E-state index contributed by atoms with van der Waals surface area (Å²) >= 11 is 0. The number of ether oxygens (including phenoxy) is 2. The number of ketones is 1. The van der Waals surface area contributed by atoms with Crippen LogP contribution in [-0.2, 0) is 19.4 Å². The van der Waals surface area contributed by atoms with Gasteiger partial charge in [-0.1, -0.05) is 6.07 Å². The molecule has 3 rings (SSSR count). The second-order valence-corrected chi connectivity index (χ2v) is 8.81. The first kappa shape index (κ1) is 19.1. The molecule has 0 atom stereocenters. The van der Waals surface area contributed by atoms with Crippen LogP contribution in [0.5, 0.6) is 5.75 Å². The highest BCUT2D eigenvalue weighted by Crippen LogP contribution is 2.42. The van der Waals surface area contributed by atoms with E-state index < -0.39 is 21.3 Å². The molecular weight excluding hydrogens is 371 g/mol. The molecule has 1 aliphatic heterocycles. The van der Waals surface area contributed by atoms with Crippen LogP contribution < -0.4 is 4.74 Å². The number of benzene rings is 2. The summed E-state index contributed by atoms with van der Waals surface area (Å²) in [6, 6.07) is 10.3. The quantitative estimate of drug-likeness (QED) is 0.799. The van der Waals surface area contributed by atoms with Gasteiger partial charge < -0.3 is 9.47 Å². The zero-order valence-corrected chi connectivity index (χ0v) is 16.2. The van der Waals surface area contributed by atoms with Crippen LogP contribution in [0, 0.1) is 5.82 Å². The fourth-order valence-electron chi connectivity index (χ4n) is 2.90. The number of Topliss-reactive ketones (excluding diaryl/α,β-unsaturated/α-hetero) is 1. The van der Waals surface area contributed by atoms with Gasteiger partial charge >= 0.3 is 0 Å². The molecule has 2 aromatic carbocycles. The molecule has 5 nitrogen and oxygen atoms in total. The number of sulfone groups is 1. The van der Waals surface area contributed by atoms with E-state index in [2.05, 4.69) is 0 Å². The number of rotatable bonds is 4. The first-order valence-corrected chi connectivity index (χ1v) is 10.1. The van der Waals surface area contributed by atoms with Crippen molar-refractivity contribution in [1.82, 2.24) is 0 Å². The maximum atomic E-state index is 14.2. The smallest absolute Gasteiger partial charge is 0.210 e. The van der Waals surface area contributed by atoms with Crippen molar-refractivity contribution < 1.29 is 27.1 Å². The average molecular weight is 390 g/mol. The zero-order chi connectivity index (χ0) is 20.0. The van der Waals surface area contributed by atoms with Crippen LogP contribution in [0.4, 0.5) is 4.39 Å². The lowest BCUT2D eigenvalue weighted by atomic mass is 9.92. The minimum absolute atomic E-state index is 0.0732. The van der Waals surface area contributed by atoms with Crippen LogP contribution in [0.1, 0.15) is 25.0 Å². The van der Waals surface area contributed by atoms with Gasteiger partial charge in [0.05, 0.1) is 17.6 Å². The van der Waals surface area contributed by atoms with Crippen LogP contribution in [0.15, 0.2) is 47.4 Å². The minimum Gasteiger partial charge on any atom is -0.494 e. The zero-order valence-electron chi connectivity index (χ0n) is 15.4. The lowest BCUT2D eigenvalue weighted by Crippen LogP contribution is -2.29. The lowest BCUT2D eigenvalue weighted by molar-refractivity contribution is -0.125. The Morgan fingerprint density at radius 3 is 2.15 bits per heavy atom. The molecule has 0 bridgehead atoms. The van der Waals surface area contributed by atoms with E-state index in [1.54, 1.807) is 32.0 Å². The van der Waals surface area contributed by atoms with Gasteiger partial charge in [0.15, 0.2) is 27.0 Å². The van der Waals surface area contributed by atoms with Crippen molar-refractivity contribution in [3.63, 3.8) is 0 Å². The van der Waals surface area contributed by atoms with Crippen LogP contribution in [-0.4, -0.2) is 33.2 Å². The van der Waals surface area contributed by atoms with Crippen molar-refractivity contribution >= 4 is 27.0 Å². The van der Waals surface area contributed by atoms with Gasteiger partial charge in [-0.05, 0) is 55.8 Å². The number of hydrogen-bond donors (Lipinski definition) is 0. The predicted octanol–water partition coefficient (Wildman–Crippen LogP) is 3.48. The Hall–Kier alpha value is -2.67. The van der Waals surface area contributed by atoms with E-state index in [9.17, 15) is 17.6 Å². The Bertz CT molecular complexity index is 1050. The molecular formula is C20H19FO5S. The van der Waals surface area contributed by atoms with Gasteiger partial charge in [0, 0.05) is 11.8 Å². The van der Waals surface area contributed by atoms with E-state index in [1.165, 1.54) is 31.4 Å². The molecule has 0 aliphatic carbocycles. The third-order valence-electron chi connectivity index (χ3n) is 4.34. The molecule has 7 heteroatoms. The molecule has 0 saturated carbocycles. The van der Waals surface area contributed by atoms with Crippen molar-refractivity contribution in [1.29, 1.82) is 0 Å². The number of carbonyl (C=O) groups is 1. The van der Waals surface area contributed by atoms with Crippen molar-refractivity contribution in [3.8, 4) is 5.75 Å². The normalized spacial score (nSPS) is 16.4. The van der Waals surface area contributed by atoms with Gasteiger partial charge in [-0.25, -0.2) is 12.8 Å². The average Bonchev–Trinajstić information content (AvgIpc) is 2.84. The Balaban J connectivity index is 2.16. The van der Waals surface area contributed by atoms with Gasteiger partial charge in [0.2, 0.25) is 5.78 Å². The number of hydrogen-bond acceptors (Lipinski definition) is 5. The summed E-state index contributed by atoms with van der Waals surface area (Å²) in [5, 5.41) is 0. The number of carbonyl (C=O) groups excluding carboxylic acids is 1. The standard InChI is InChI=1S/C20H19FO5S/c1-20(2)19(22)17(13-7-10-16(25-3)15(21)11-13)18(26-20)12-5-8-14(9-6-12)27(4,23)24/h5-11H,1-4H3. The minimum atomic E-state index is -3.34. The van der Waals surface area contributed by atoms with E-state index in [0.717, 1.165) is 6.26 Å². The van der Waals surface area contributed by atoms with Crippen molar-refractivity contribution in [2.45, 2.75) is 24.3 Å². The maximum Gasteiger partial charge on any atom is 0.210 e. The number of halogens is 1. The Morgan fingerprint density at radius 1 is 1.04 bits per heavy atom. The first-order chi connectivity index (χ1) is 12.5. The fraction of sp³-hybridized carbons (Fsp3) is 0.250. The summed E-state index contributed by atoms with van der Waals surface area (Å²) in [7, 11) is -1.98. The summed E-state index contributed by atoms with van der Waals surface area (Å²) in [5.74, 6) is -0.514. The predicted molar refractivity (Wildman–Crippen MR) is 99.5 cm³/mol. The topological polar surface area (TPSA) is 69.7 Å². The molecule has 0 N–H and O–H groups in total. The fourth-order valence-corrected chi connectivity index (χ4v) is 3.53. The van der Waals surface area contributed by atoms with Gasteiger partial charge in [-0.2, -0.15) is 0 Å². The van der Waals surface area contributed by atoms with Crippen molar-refractivity contribution in [2.75, 3.05) is 13.4 Å². The van der Waals surface area contributed by atoms with Gasteiger partial charge in [-0.15, -0.1) is 0 Å². The Kier molecular flexibility index (Phi) is 4.59. The molecule has 0 amide bonds. The lowest BCUT2D eigenvalue weighted by Gasteiger charge is -2.17. The molecule has 1 heterocycles. The Morgan fingerprint density at radius 2 is 1.63 bits per heavy atom. The molecule has 0 spiro atoms. The third-order valence-corrected chi connectivity index (χ3v) is 5.47. The highest BCUT2D eigenvalue weighted by atomic mass is 32.2. The van der Waals surface area contributed by atoms with Crippen molar-refractivity contribution in [3.05, 3.63) is 59.4 Å². The van der Waals surface area contributed by atoms with Crippen LogP contribution >= 0.6 is 0 Å². The monoisotopic (exact) mass is 390 g/mol. The van der Waals surface area contributed by atoms with Crippen LogP contribution in [0.2, 0.25) is 0 Å². The van der Waals surface area contributed by atoms with E-state index in [4.69, 9.17) is 9.47 Å². The van der Waals surface area contributed by atoms with E-state index in [0.29, 0.717) is 11.1 Å². The van der Waals surface area contributed by atoms with Crippen molar-refractivity contribution in [2.24, 2.45) is 0 Å². The second kappa shape index (κ2) is 6.49. The molecule has 142 valence electrons. The summed E-state index contributed by atoms with van der Waals surface area (Å²) in [6.07, 6.45) is 1.12. The first-order valence-electron chi connectivity index (χ1n) is 8.17. The largest absolute Gasteiger partial charge is 0.494 e. The maximum absolute atomic E-state index is 14.2. The van der Waals surface area contributed by atoms with E-state index in [1.807, 2.05) is 0 Å². The van der Waals surface area contributed by atoms with Gasteiger partial charge in [-0.3, -0.25) is 4.79 Å². The van der Waals surface area contributed by atoms with E-state index >= 15 is 0 Å². The molecule has 0 saturated heterocycles. The molecule has 0 unspecified atom stereocenters. The SMILES string of the molecule is COc1ccc(C2=C(c3ccc(S(C)(=O)=O)cc3)OC(C)(C)C2=O)cc1F. The highest BCUT2D eigenvalue weighted by molar-refractivity contribution is 7.90. The third kappa shape index (κ3) is 3.47. The summed E-state index contributed by atoms with van der Waals surface area (Å²) in [5.41, 5.74) is 0.0311. The summed E-state index contributed by atoms with van der Waals surface area (Å²) in [6.45, 7) is 3.26. The van der Waals surface area contributed by atoms with Gasteiger partial charge in [0.1, 0.15) is 5.76 Å². The molecule has 0 aromatic heterocycles. The van der Waals surface area contributed by atoms with Crippen LogP contribution in [0.3, 0.4) is 0 Å². The molecule has 0 radical (unpaired) electrons. The van der Waals surface area contributed by atoms with Crippen LogP contribution in [0.25, 0.3) is 11.3 Å².